The molecule has 1 aliphatic carbocycles. The smallest absolute Gasteiger partial charge is 0.150 e. The Hall–Kier alpha value is -0.940. The summed E-state index contributed by atoms with van der Waals surface area (Å²) in [6.07, 6.45) is 8.61. The predicted molar refractivity (Wildman–Crippen MR) is 76.7 cm³/mol. The van der Waals surface area contributed by atoms with Gasteiger partial charge in [-0.15, -0.1) is 0 Å². The number of hydrogen-bond donors (Lipinski definition) is 1. The minimum atomic E-state index is -2.90. The number of nitrogens with zero attached hydrogens (tertiary/aromatic N) is 1. The van der Waals surface area contributed by atoms with E-state index in [1.54, 1.807) is 6.20 Å². The zero-order valence-electron chi connectivity index (χ0n) is 11.6. The summed E-state index contributed by atoms with van der Waals surface area (Å²) in [5.74, 6) is 0. The van der Waals surface area contributed by atoms with Gasteiger partial charge in [-0.2, -0.15) is 0 Å². The van der Waals surface area contributed by atoms with Gasteiger partial charge < -0.3 is 5.32 Å². The molecule has 1 N–H and O–H groups in total. The fraction of sp³-hybridized carbons (Fsp3) is 0.643. The Morgan fingerprint density at radius 1 is 1.42 bits per heavy atom. The van der Waals surface area contributed by atoms with Crippen molar-refractivity contribution in [2.75, 3.05) is 6.26 Å². The van der Waals surface area contributed by atoms with Crippen molar-refractivity contribution in [2.24, 2.45) is 0 Å². The monoisotopic (exact) mass is 282 g/mol. The third-order valence-corrected chi connectivity index (χ3v) is 5.59. The highest BCUT2D eigenvalue weighted by Gasteiger charge is 2.28. The minimum Gasteiger partial charge on any atom is -0.310 e. The molecule has 0 bridgehead atoms. The molecule has 1 aliphatic rings. The van der Waals surface area contributed by atoms with E-state index < -0.39 is 9.84 Å². The van der Waals surface area contributed by atoms with Crippen LogP contribution in [0.15, 0.2) is 18.5 Å². The molecule has 1 saturated carbocycles. The summed E-state index contributed by atoms with van der Waals surface area (Å²) in [5.41, 5.74) is 2.40. The molecule has 5 heteroatoms. The van der Waals surface area contributed by atoms with Crippen LogP contribution in [0.5, 0.6) is 0 Å². The molecular formula is C14H22N2O2S. The quantitative estimate of drug-likeness (QED) is 0.915. The van der Waals surface area contributed by atoms with E-state index in [2.05, 4.69) is 10.3 Å². The first-order valence-electron chi connectivity index (χ1n) is 6.78. The van der Waals surface area contributed by atoms with Gasteiger partial charge in [0.15, 0.2) is 0 Å². The summed E-state index contributed by atoms with van der Waals surface area (Å²) in [7, 11) is -2.90. The van der Waals surface area contributed by atoms with Gasteiger partial charge in [-0.05, 0) is 43.4 Å². The molecule has 1 fully saturated rings. The lowest BCUT2D eigenvalue weighted by atomic mass is 9.94. The van der Waals surface area contributed by atoms with Crippen molar-refractivity contribution in [1.29, 1.82) is 0 Å². The molecule has 19 heavy (non-hydrogen) atoms. The van der Waals surface area contributed by atoms with Crippen LogP contribution in [-0.4, -0.2) is 30.9 Å². The Morgan fingerprint density at radius 3 is 2.89 bits per heavy atom. The lowest BCUT2D eigenvalue weighted by Crippen LogP contribution is -2.38. The highest BCUT2D eigenvalue weighted by atomic mass is 32.2. The molecular weight excluding hydrogens is 260 g/mol. The van der Waals surface area contributed by atoms with Crippen molar-refractivity contribution in [3.8, 4) is 0 Å². The number of rotatable bonds is 4. The van der Waals surface area contributed by atoms with Crippen LogP contribution in [0.4, 0.5) is 0 Å². The summed E-state index contributed by atoms with van der Waals surface area (Å²) < 4.78 is 23.2. The van der Waals surface area contributed by atoms with E-state index in [-0.39, 0.29) is 5.25 Å². The third kappa shape index (κ3) is 4.01. The Kier molecular flexibility index (Phi) is 4.58. The molecule has 2 atom stereocenters. The van der Waals surface area contributed by atoms with Crippen molar-refractivity contribution >= 4 is 9.84 Å². The van der Waals surface area contributed by atoms with Gasteiger partial charge in [0.25, 0.3) is 0 Å². The Balaban J connectivity index is 1.92. The average molecular weight is 282 g/mol. The van der Waals surface area contributed by atoms with Gasteiger partial charge in [-0.1, -0.05) is 6.42 Å². The third-order valence-electron chi connectivity index (χ3n) is 3.95. The van der Waals surface area contributed by atoms with E-state index >= 15 is 0 Å². The molecule has 106 valence electrons. The molecule has 0 spiro atoms. The maximum absolute atomic E-state index is 11.6. The van der Waals surface area contributed by atoms with Crippen molar-refractivity contribution in [3.63, 3.8) is 0 Å². The number of nitrogens with one attached hydrogen (secondary N) is 1. The molecule has 0 amide bonds. The minimum absolute atomic E-state index is 0.169. The molecule has 4 nitrogen and oxygen atoms in total. The molecule has 1 heterocycles. The van der Waals surface area contributed by atoms with E-state index in [1.807, 2.05) is 19.2 Å². The van der Waals surface area contributed by atoms with Crippen LogP contribution >= 0.6 is 0 Å². The lowest BCUT2D eigenvalue weighted by Gasteiger charge is -2.29. The van der Waals surface area contributed by atoms with E-state index in [0.29, 0.717) is 6.04 Å². The first-order valence-corrected chi connectivity index (χ1v) is 8.74. The van der Waals surface area contributed by atoms with Crippen LogP contribution in [0.25, 0.3) is 0 Å². The van der Waals surface area contributed by atoms with Crippen LogP contribution in [0.3, 0.4) is 0 Å². The average Bonchev–Trinajstić information content (AvgIpc) is 2.37. The van der Waals surface area contributed by atoms with Gasteiger partial charge in [-0.25, -0.2) is 8.42 Å². The summed E-state index contributed by atoms with van der Waals surface area (Å²) >= 11 is 0. The molecule has 1 aromatic heterocycles. The van der Waals surface area contributed by atoms with Gasteiger partial charge in [0, 0.05) is 31.2 Å². The molecule has 1 aromatic rings. The molecule has 0 radical (unpaired) electrons. The van der Waals surface area contributed by atoms with Crippen LogP contribution in [-0.2, 0) is 16.4 Å². The van der Waals surface area contributed by atoms with Gasteiger partial charge >= 0.3 is 0 Å². The molecule has 0 aliphatic heterocycles. The second-order valence-corrected chi connectivity index (χ2v) is 7.82. The van der Waals surface area contributed by atoms with Crippen molar-refractivity contribution in [2.45, 2.75) is 50.4 Å². The fourth-order valence-electron chi connectivity index (χ4n) is 2.67. The van der Waals surface area contributed by atoms with Crippen LogP contribution in [0.2, 0.25) is 0 Å². The van der Waals surface area contributed by atoms with E-state index in [1.165, 1.54) is 17.4 Å². The zero-order valence-corrected chi connectivity index (χ0v) is 12.4. The van der Waals surface area contributed by atoms with Crippen LogP contribution < -0.4 is 5.32 Å². The molecule has 2 unspecified atom stereocenters. The highest BCUT2D eigenvalue weighted by molar-refractivity contribution is 7.91. The number of aromatic nitrogens is 1. The van der Waals surface area contributed by atoms with E-state index in [4.69, 9.17) is 0 Å². The SMILES string of the molecule is Cc1cnccc1CNC1CCCC(S(C)(=O)=O)C1. The van der Waals surface area contributed by atoms with E-state index in [0.717, 1.165) is 32.2 Å². The van der Waals surface area contributed by atoms with Crippen molar-refractivity contribution < 1.29 is 8.42 Å². The summed E-state index contributed by atoms with van der Waals surface area (Å²) in [6.45, 7) is 2.83. The number of hydrogen-bond acceptors (Lipinski definition) is 4. The van der Waals surface area contributed by atoms with Crippen LogP contribution in [0, 0.1) is 6.92 Å². The van der Waals surface area contributed by atoms with Crippen molar-refractivity contribution in [1.82, 2.24) is 10.3 Å². The number of pyridine rings is 1. The largest absolute Gasteiger partial charge is 0.310 e. The standard InChI is InChI=1S/C14H22N2O2S/c1-11-9-15-7-6-12(11)10-16-13-4-3-5-14(8-13)19(2,17)18/h6-7,9,13-14,16H,3-5,8,10H2,1-2H3. The second kappa shape index (κ2) is 6.01. The topological polar surface area (TPSA) is 59.1 Å². The Labute approximate surface area is 115 Å². The predicted octanol–water partition coefficient (Wildman–Crippen LogP) is 1.84. The van der Waals surface area contributed by atoms with Gasteiger partial charge in [-0.3, -0.25) is 4.98 Å². The van der Waals surface area contributed by atoms with Gasteiger partial charge in [0.2, 0.25) is 0 Å². The molecule has 2 rings (SSSR count). The van der Waals surface area contributed by atoms with E-state index in [9.17, 15) is 8.42 Å². The number of aryl methyl sites for hydroxylation is 1. The number of sulfone groups is 1. The maximum atomic E-state index is 11.6. The normalized spacial score (nSPS) is 24.3. The summed E-state index contributed by atoms with van der Waals surface area (Å²) in [6, 6.07) is 2.32. The highest BCUT2D eigenvalue weighted by Crippen LogP contribution is 2.24. The second-order valence-electron chi connectivity index (χ2n) is 5.50. The maximum Gasteiger partial charge on any atom is 0.150 e. The molecule has 0 aromatic carbocycles. The Morgan fingerprint density at radius 2 is 2.21 bits per heavy atom. The fourth-order valence-corrected chi connectivity index (χ4v) is 3.85. The Bertz CT molecular complexity index is 528. The first-order chi connectivity index (χ1) is 8.97. The van der Waals surface area contributed by atoms with Gasteiger partial charge in [0.05, 0.1) is 5.25 Å². The summed E-state index contributed by atoms with van der Waals surface area (Å²) in [4.78, 5) is 4.08. The first kappa shape index (κ1) is 14.5. The van der Waals surface area contributed by atoms with Gasteiger partial charge in [0.1, 0.15) is 9.84 Å². The lowest BCUT2D eigenvalue weighted by molar-refractivity contribution is 0.370. The van der Waals surface area contributed by atoms with Crippen molar-refractivity contribution in [3.05, 3.63) is 29.6 Å². The summed E-state index contributed by atoms with van der Waals surface area (Å²) in [5, 5.41) is 3.32. The zero-order chi connectivity index (χ0) is 13.9. The molecule has 0 saturated heterocycles. The van der Waals surface area contributed by atoms with Crippen LogP contribution in [0.1, 0.15) is 36.8 Å².